The molecule has 0 saturated heterocycles. The SMILES string of the molecule is C[C@](C=O)(CCc1c[nH]c2ccccc12)NC(=O)OC1C2CC3CC(C2)CC1C3. The maximum Gasteiger partial charge on any atom is 0.408 e. The number of alkyl carbamates (subject to hydrolysis) is 1. The molecular weight excluding hydrogens is 364 g/mol. The number of carbonyl (C=O) groups excluding carboxylic acids is 2. The van der Waals surface area contributed by atoms with Crippen LogP contribution < -0.4 is 5.32 Å². The monoisotopic (exact) mass is 394 g/mol. The van der Waals surface area contributed by atoms with Gasteiger partial charge in [-0.2, -0.15) is 0 Å². The lowest BCUT2D eigenvalue weighted by Gasteiger charge is -2.53. The predicted octanol–water partition coefficient (Wildman–Crippen LogP) is 4.61. The molecule has 1 heterocycles. The Hall–Kier alpha value is -2.30. The Morgan fingerprint density at radius 2 is 1.86 bits per heavy atom. The summed E-state index contributed by atoms with van der Waals surface area (Å²) >= 11 is 0. The van der Waals surface area contributed by atoms with Crippen LogP contribution in [0.15, 0.2) is 30.5 Å². The third-order valence-corrected chi connectivity index (χ3v) is 7.62. The van der Waals surface area contributed by atoms with Gasteiger partial charge in [-0.15, -0.1) is 0 Å². The van der Waals surface area contributed by atoms with Crippen molar-refractivity contribution in [1.82, 2.24) is 10.3 Å². The summed E-state index contributed by atoms with van der Waals surface area (Å²) < 4.78 is 5.92. The number of hydrogen-bond acceptors (Lipinski definition) is 3. The topological polar surface area (TPSA) is 71.2 Å². The molecule has 0 spiro atoms. The molecule has 4 fully saturated rings. The number of aromatic nitrogens is 1. The van der Waals surface area contributed by atoms with Crippen LogP contribution in [0, 0.1) is 23.7 Å². The molecule has 154 valence electrons. The molecule has 4 aliphatic carbocycles. The first-order chi connectivity index (χ1) is 14.0. The number of hydrogen-bond donors (Lipinski definition) is 2. The molecule has 0 aliphatic heterocycles. The average molecular weight is 395 g/mol. The summed E-state index contributed by atoms with van der Waals surface area (Å²) in [7, 11) is 0. The Balaban J connectivity index is 1.21. The second-order valence-electron chi connectivity index (χ2n) is 9.82. The first-order valence-electron chi connectivity index (χ1n) is 11.0. The van der Waals surface area contributed by atoms with Crippen molar-refractivity contribution in [3.8, 4) is 0 Å². The number of aryl methyl sites for hydroxylation is 1. The molecule has 4 bridgehead atoms. The van der Waals surface area contributed by atoms with Gasteiger partial charge in [0.05, 0.1) is 5.54 Å². The molecule has 5 heteroatoms. The van der Waals surface area contributed by atoms with Crippen molar-refractivity contribution < 1.29 is 14.3 Å². The third-order valence-electron chi connectivity index (χ3n) is 7.62. The van der Waals surface area contributed by atoms with Gasteiger partial charge in [0.15, 0.2) is 0 Å². The molecule has 29 heavy (non-hydrogen) atoms. The van der Waals surface area contributed by atoms with Crippen LogP contribution in [0.3, 0.4) is 0 Å². The van der Waals surface area contributed by atoms with Crippen LogP contribution in [0.4, 0.5) is 4.79 Å². The van der Waals surface area contributed by atoms with E-state index in [0.29, 0.717) is 24.7 Å². The van der Waals surface area contributed by atoms with Crippen molar-refractivity contribution in [2.45, 2.75) is 63.5 Å². The van der Waals surface area contributed by atoms with E-state index in [1.54, 1.807) is 6.92 Å². The van der Waals surface area contributed by atoms with E-state index < -0.39 is 11.6 Å². The zero-order valence-corrected chi connectivity index (χ0v) is 17.0. The second kappa shape index (κ2) is 7.19. The van der Waals surface area contributed by atoms with E-state index in [2.05, 4.69) is 16.4 Å². The van der Waals surface area contributed by atoms with Crippen molar-refractivity contribution in [2.24, 2.45) is 23.7 Å². The molecule has 0 radical (unpaired) electrons. The minimum atomic E-state index is -0.929. The lowest BCUT2D eigenvalue weighted by atomic mass is 9.55. The van der Waals surface area contributed by atoms with Gasteiger partial charge in [0, 0.05) is 17.1 Å². The Labute approximate surface area is 171 Å². The Morgan fingerprint density at radius 3 is 2.55 bits per heavy atom. The van der Waals surface area contributed by atoms with E-state index in [1.165, 1.54) is 32.1 Å². The predicted molar refractivity (Wildman–Crippen MR) is 112 cm³/mol. The third kappa shape index (κ3) is 3.56. The highest BCUT2D eigenvalue weighted by Gasteiger charge is 2.50. The van der Waals surface area contributed by atoms with Crippen molar-refractivity contribution in [3.05, 3.63) is 36.0 Å². The molecule has 6 rings (SSSR count). The van der Waals surface area contributed by atoms with Crippen LogP contribution in [-0.2, 0) is 16.0 Å². The Morgan fingerprint density at radius 1 is 1.17 bits per heavy atom. The van der Waals surface area contributed by atoms with Crippen molar-refractivity contribution in [2.75, 3.05) is 0 Å². The van der Waals surface area contributed by atoms with Gasteiger partial charge in [0.25, 0.3) is 0 Å². The maximum absolute atomic E-state index is 12.7. The van der Waals surface area contributed by atoms with E-state index in [1.807, 2.05) is 24.4 Å². The van der Waals surface area contributed by atoms with Gasteiger partial charge >= 0.3 is 6.09 Å². The molecule has 1 amide bonds. The fourth-order valence-corrected chi connectivity index (χ4v) is 6.34. The van der Waals surface area contributed by atoms with Crippen molar-refractivity contribution in [1.29, 1.82) is 0 Å². The smallest absolute Gasteiger partial charge is 0.408 e. The highest BCUT2D eigenvalue weighted by Crippen LogP contribution is 2.54. The average Bonchev–Trinajstić information content (AvgIpc) is 3.12. The molecule has 1 aromatic heterocycles. The number of rotatable bonds is 6. The first-order valence-corrected chi connectivity index (χ1v) is 11.0. The number of para-hydroxylation sites is 1. The highest BCUT2D eigenvalue weighted by atomic mass is 16.6. The molecule has 1 atom stereocenters. The zero-order chi connectivity index (χ0) is 20.0. The zero-order valence-electron chi connectivity index (χ0n) is 17.0. The van der Waals surface area contributed by atoms with Gasteiger partial charge < -0.3 is 19.8 Å². The van der Waals surface area contributed by atoms with E-state index in [-0.39, 0.29) is 6.10 Å². The van der Waals surface area contributed by atoms with E-state index >= 15 is 0 Å². The molecule has 2 aromatic rings. The minimum Gasteiger partial charge on any atom is -0.446 e. The fourth-order valence-electron chi connectivity index (χ4n) is 6.34. The molecule has 4 saturated carbocycles. The second-order valence-corrected chi connectivity index (χ2v) is 9.82. The van der Waals surface area contributed by atoms with E-state index in [9.17, 15) is 9.59 Å². The number of aldehydes is 1. The van der Waals surface area contributed by atoms with Gasteiger partial charge in [-0.25, -0.2) is 4.79 Å². The van der Waals surface area contributed by atoms with Gasteiger partial charge in [-0.3, -0.25) is 0 Å². The standard InChI is InChI=1S/C24H30N2O3/c1-24(14-27,7-6-17-13-25-21-5-3-2-4-20(17)21)26-23(28)29-22-18-9-15-8-16(11-18)12-19(22)10-15/h2-5,13-16,18-19,22,25H,6-12H2,1H3,(H,26,28)/t15?,16?,18?,19?,22?,24-/m1/s1. The summed E-state index contributed by atoms with van der Waals surface area (Å²) in [6.07, 6.45) is 9.88. The number of nitrogens with one attached hydrogen (secondary N) is 2. The summed E-state index contributed by atoms with van der Waals surface area (Å²) in [5.74, 6) is 2.73. The summed E-state index contributed by atoms with van der Waals surface area (Å²) in [6.45, 7) is 1.78. The summed E-state index contributed by atoms with van der Waals surface area (Å²) in [5.41, 5.74) is 1.32. The molecule has 0 unspecified atom stereocenters. The summed E-state index contributed by atoms with van der Waals surface area (Å²) in [5, 5.41) is 4.04. The number of H-pyrrole nitrogens is 1. The molecule has 5 nitrogen and oxygen atoms in total. The lowest BCUT2D eigenvalue weighted by Crippen LogP contribution is -2.53. The lowest BCUT2D eigenvalue weighted by molar-refractivity contribution is -0.114. The summed E-state index contributed by atoms with van der Waals surface area (Å²) in [4.78, 5) is 27.8. The number of aromatic amines is 1. The number of fused-ring (bicyclic) bond motifs is 1. The molecule has 2 N–H and O–H groups in total. The van der Waals surface area contributed by atoms with Gasteiger partial charge in [0.2, 0.25) is 0 Å². The summed E-state index contributed by atoms with van der Waals surface area (Å²) in [6, 6.07) is 8.13. The van der Waals surface area contributed by atoms with Crippen LogP contribution in [0.1, 0.15) is 51.0 Å². The Kier molecular flexibility index (Phi) is 4.64. The molecular formula is C24H30N2O3. The van der Waals surface area contributed by atoms with E-state index in [0.717, 1.165) is 34.6 Å². The van der Waals surface area contributed by atoms with Crippen LogP contribution in [0.25, 0.3) is 10.9 Å². The van der Waals surface area contributed by atoms with Crippen LogP contribution in [0.2, 0.25) is 0 Å². The highest BCUT2D eigenvalue weighted by molar-refractivity contribution is 5.83. The largest absolute Gasteiger partial charge is 0.446 e. The van der Waals surface area contributed by atoms with Crippen molar-refractivity contribution >= 4 is 23.3 Å². The normalized spacial score (nSPS) is 32.1. The number of carbonyl (C=O) groups is 2. The van der Waals surface area contributed by atoms with Crippen LogP contribution >= 0.6 is 0 Å². The maximum atomic E-state index is 12.7. The number of ether oxygens (including phenoxy) is 1. The minimum absolute atomic E-state index is 0.0346. The van der Waals surface area contributed by atoms with Gasteiger partial charge in [-0.05, 0) is 87.2 Å². The van der Waals surface area contributed by atoms with Crippen LogP contribution in [-0.4, -0.2) is 29.0 Å². The molecule has 1 aromatic carbocycles. The quantitative estimate of drug-likeness (QED) is 0.703. The van der Waals surface area contributed by atoms with E-state index in [4.69, 9.17) is 4.74 Å². The van der Waals surface area contributed by atoms with Gasteiger partial charge in [0.1, 0.15) is 12.4 Å². The van der Waals surface area contributed by atoms with Crippen molar-refractivity contribution in [3.63, 3.8) is 0 Å². The first kappa shape index (κ1) is 18.7. The Bertz CT molecular complexity index is 892. The molecule has 4 aliphatic rings. The van der Waals surface area contributed by atoms with Crippen LogP contribution in [0.5, 0.6) is 0 Å². The van der Waals surface area contributed by atoms with Gasteiger partial charge in [-0.1, -0.05) is 18.2 Å². The number of benzene rings is 1. The fraction of sp³-hybridized carbons (Fsp3) is 0.583. The number of amides is 1.